The van der Waals surface area contributed by atoms with Gasteiger partial charge in [-0.15, -0.1) is 0 Å². The molecule has 0 spiro atoms. The van der Waals surface area contributed by atoms with E-state index in [0.717, 1.165) is 6.07 Å². The Bertz CT molecular complexity index is 383. The number of hydrogen-bond acceptors (Lipinski definition) is 3. The Morgan fingerprint density at radius 3 is 3.23 bits per heavy atom. The fourth-order valence-electron chi connectivity index (χ4n) is 0.971. The molecule has 68 valence electrons. The summed E-state index contributed by atoms with van der Waals surface area (Å²) >= 11 is 2.91. The molecular weight excluding hydrogens is 243 g/mol. The van der Waals surface area contributed by atoms with Crippen molar-refractivity contribution in [3.8, 4) is 5.88 Å². The lowest BCUT2D eigenvalue weighted by Crippen LogP contribution is -2.26. The molecule has 0 saturated carbocycles. The average Bonchev–Trinajstić information content (AvgIpc) is 2.08. The van der Waals surface area contributed by atoms with Gasteiger partial charge in [0.1, 0.15) is 10.3 Å². The van der Waals surface area contributed by atoms with E-state index >= 15 is 0 Å². The van der Waals surface area contributed by atoms with E-state index in [1.54, 1.807) is 0 Å². The first-order valence-corrected chi connectivity index (χ1v) is 4.25. The number of halogens is 2. The topological polar surface area (TPSA) is 51.2 Å². The zero-order chi connectivity index (χ0) is 9.42. The number of rotatable bonds is 0. The maximum atomic E-state index is 12.9. The van der Waals surface area contributed by atoms with Crippen molar-refractivity contribution in [3.05, 3.63) is 16.5 Å². The molecule has 0 saturated heterocycles. The standard InChI is InChI=1S/C7H4BrFN2O2/c8-6-3(9)1-4-7(11-6)13-2-5(12)10-4/h1H,2H2,(H,10,12). The molecule has 1 N–H and O–H groups in total. The number of carbonyl (C=O) groups excluding carboxylic acids is 1. The Kier molecular flexibility index (Phi) is 1.91. The van der Waals surface area contributed by atoms with E-state index in [4.69, 9.17) is 4.74 Å². The molecule has 1 amide bonds. The molecule has 0 unspecified atom stereocenters. The zero-order valence-electron chi connectivity index (χ0n) is 6.30. The van der Waals surface area contributed by atoms with Crippen LogP contribution in [0.3, 0.4) is 0 Å². The second-order valence-electron chi connectivity index (χ2n) is 2.45. The van der Waals surface area contributed by atoms with E-state index in [0.29, 0.717) is 0 Å². The van der Waals surface area contributed by atoms with Crippen molar-refractivity contribution in [2.45, 2.75) is 0 Å². The molecule has 0 fully saturated rings. The van der Waals surface area contributed by atoms with Crippen LogP contribution in [0.15, 0.2) is 10.7 Å². The SMILES string of the molecule is O=C1COc2nc(Br)c(F)cc2N1. The van der Waals surface area contributed by atoms with Crippen LogP contribution < -0.4 is 10.1 Å². The maximum Gasteiger partial charge on any atom is 0.262 e. The first kappa shape index (κ1) is 8.43. The van der Waals surface area contributed by atoms with Gasteiger partial charge in [-0.1, -0.05) is 0 Å². The molecule has 1 aliphatic heterocycles. The van der Waals surface area contributed by atoms with Gasteiger partial charge in [-0.25, -0.2) is 9.37 Å². The van der Waals surface area contributed by atoms with Gasteiger partial charge < -0.3 is 10.1 Å². The van der Waals surface area contributed by atoms with Gasteiger partial charge in [0, 0.05) is 6.07 Å². The molecule has 1 aromatic rings. The van der Waals surface area contributed by atoms with Crippen LogP contribution in [-0.2, 0) is 4.79 Å². The van der Waals surface area contributed by atoms with Crippen LogP contribution in [0.5, 0.6) is 5.88 Å². The van der Waals surface area contributed by atoms with Crippen molar-refractivity contribution in [1.29, 1.82) is 0 Å². The number of anilines is 1. The van der Waals surface area contributed by atoms with Gasteiger partial charge >= 0.3 is 0 Å². The number of nitrogens with zero attached hydrogens (tertiary/aromatic N) is 1. The van der Waals surface area contributed by atoms with E-state index in [-0.39, 0.29) is 28.7 Å². The Hall–Kier alpha value is -1.17. The summed E-state index contributed by atoms with van der Waals surface area (Å²) in [5.74, 6) is -0.617. The molecule has 4 nitrogen and oxygen atoms in total. The Morgan fingerprint density at radius 1 is 1.69 bits per heavy atom. The van der Waals surface area contributed by atoms with Crippen LogP contribution >= 0.6 is 15.9 Å². The molecule has 2 heterocycles. The van der Waals surface area contributed by atoms with Crippen LogP contribution in [0.2, 0.25) is 0 Å². The molecule has 6 heteroatoms. The molecule has 1 aromatic heterocycles. The lowest BCUT2D eigenvalue weighted by Gasteiger charge is -2.16. The highest BCUT2D eigenvalue weighted by molar-refractivity contribution is 9.10. The van der Waals surface area contributed by atoms with Crippen LogP contribution in [0.1, 0.15) is 0 Å². The third-order valence-corrected chi connectivity index (χ3v) is 2.07. The third kappa shape index (κ3) is 1.49. The number of pyridine rings is 1. The van der Waals surface area contributed by atoms with E-state index in [1.165, 1.54) is 0 Å². The van der Waals surface area contributed by atoms with E-state index in [1.807, 2.05) is 0 Å². The minimum atomic E-state index is -0.537. The molecule has 13 heavy (non-hydrogen) atoms. The van der Waals surface area contributed by atoms with Crippen molar-refractivity contribution in [2.75, 3.05) is 11.9 Å². The van der Waals surface area contributed by atoms with Crippen molar-refractivity contribution in [1.82, 2.24) is 4.98 Å². The van der Waals surface area contributed by atoms with Crippen molar-refractivity contribution in [3.63, 3.8) is 0 Å². The van der Waals surface area contributed by atoms with Crippen LogP contribution in [0, 0.1) is 5.82 Å². The van der Waals surface area contributed by atoms with Gasteiger partial charge in [-0.3, -0.25) is 4.79 Å². The van der Waals surface area contributed by atoms with Gasteiger partial charge in [-0.05, 0) is 15.9 Å². The third-order valence-electron chi connectivity index (χ3n) is 1.51. The van der Waals surface area contributed by atoms with E-state index in [2.05, 4.69) is 26.2 Å². The highest BCUT2D eigenvalue weighted by atomic mass is 79.9. The molecule has 1 aliphatic rings. The highest BCUT2D eigenvalue weighted by Gasteiger charge is 2.19. The van der Waals surface area contributed by atoms with Gasteiger partial charge in [0.05, 0.1) is 0 Å². The van der Waals surface area contributed by atoms with E-state index < -0.39 is 5.82 Å². The van der Waals surface area contributed by atoms with Gasteiger partial charge in [-0.2, -0.15) is 0 Å². The highest BCUT2D eigenvalue weighted by Crippen LogP contribution is 2.28. The largest absolute Gasteiger partial charge is 0.466 e. The fourth-order valence-corrected chi connectivity index (χ4v) is 1.25. The smallest absolute Gasteiger partial charge is 0.262 e. The van der Waals surface area contributed by atoms with Crippen LogP contribution in [0.25, 0.3) is 0 Å². The lowest BCUT2D eigenvalue weighted by atomic mass is 10.3. The number of nitrogens with one attached hydrogen (secondary N) is 1. The van der Waals surface area contributed by atoms with Crippen LogP contribution in [0.4, 0.5) is 10.1 Å². The number of carbonyl (C=O) groups is 1. The van der Waals surface area contributed by atoms with Gasteiger partial charge in [0.15, 0.2) is 12.4 Å². The summed E-state index contributed by atoms with van der Waals surface area (Å²) in [6.45, 7) is -0.0852. The first-order chi connectivity index (χ1) is 6.16. The molecule has 0 aliphatic carbocycles. The number of hydrogen-bond donors (Lipinski definition) is 1. The van der Waals surface area contributed by atoms with Gasteiger partial charge in [0.2, 0.25) is 5.88 Å². The average molecular weight is 247 g/mol. The molecule has 0 aromatic carbocycles. The molecule has 0 bridgehead atoms. The molecule has 0 atom stereocenters. The quantitative estimate of drug-likeness (QED) is 0.703. The predicted octanol–water partition coefficient (Wildman–Crippen LogP) is 1.31. The number of aromatic nitrogens is 1. The molecule has 2 rings (SSSR count). The Labute approximate surface area is 81.2 Å². The molecule has 0 radical (unpaired) electrons. The van der Waals surface area contributed by atoms with Crippen molar-refractivity contribution < 1.29 is 13.9 Å². The number of fused-ring (bicyclic) bond motifs is 1. The summed E-state index contributed by atoms with van der Waals surface area (Å²) in [4.78, 5) is 14.6. The Balaban J connectivity index is 2.49. The lowest BCUT2D eigenvalue weighted by molar-refractivity contribution is -0.118. The number of amides is 1. The van der Waals surface area contributed by atoms with E-state index in [9.17, 15) is 9.18 Å². The monoisotopic (exact) mass is 246 g/mol. The maximum absolute atomic E-state index is 12.9. The summed E-state index contributed by atoms with van der Waals surface area (Å²) < 4.78 is 17.9. The Morgan fingerprint density at radius 2 is 2.46 bits per heavy atom. The minimum Gasteiger partial charge on any atom is -0.466 e. The second-order valence-corrected chi connectivity index (χ2v) is 3.20. The first-order valence-electron chi connectivity index (χ1n) is 3.45. The van der Waals surface area contributed by atoms with Crippen LogP contribution in [-0.4, -0.2) is 17.5 Å². The normalized spacial score (nSPS) is 14.5. The van der Waals surface area contributed by atoms with Gasteiger partial charge in [0.25, 0.3) is 5.91 Å². The summed E-state index contributed by atoms with van der Waals surface area (Å²) in [5, 5.41) is 2.44. The minimum absolute atomic E-state index is 0.0717. The van der Waals surface area contributed by atoms with Crippen molar-refractivity contribution >= 4 is 27.5 Å². The summed E-state index contributed by atoms with van der Waals surface area (Å²) in [7, 11) is 0. The summed E-state index contributed by atoms with van der Waals surface area (Å²) in [6.07, 6.45) is 0. The number of ether oxygens (including phenoxy) is 1. The second kappa shape index (κ2) is 2.95. The van der Waals surface area contributed by atoms with Crippen molar-refractivity contribution in [2.24, 2.45) is 0 Å². The molecular formula is C7H4BrFN2O2. The fraction of sp³-hybridized carbons (Fsp3) is 0.143. The predicted molar refractivity (Wildman–Crippen MR) is 46.0 cm³/mol. The zero-order valence-corrected chi connectivity index (χ0v) is 7.89. The summed E-state index contributed by atoms with van der Waals surface area (Å²) in [6, 6.07) is 1.16. The summed E-state index contributed by atoms with van der Waals surface area (Å²) in [5.41, 5.74) is 0.261.